The smallest absolute Gasteiger partial charge is 0.303 e. The molecule has 0 fully saturated rings. The third-order valence-corrected chi connectivity index (χ3v) is 2.75. The minimum Gasteiger partial charge on any atom is -0.481 e. The fourth-order valence-corrected chi connectivity index (χ4v) is 2.01. The maximum Gasteiger partial charge on any atom is 0.303 e. The lowest BCUT2D eigenvalue weighted by molar-refractivity contribution is -0.139. The van der Waals surface area contributed by atoms with Gasteiger partial charge in [0.15, 0.2) is 0 Å². The van der Waals surface area contributed by atoms with Crippen LogP contribution in [0.5, 0.6) is 0 Å². The number of anilines is 1. The molecule has 0 aromatic heterocycles. The highest BCUT2D eigenvalue weighted by Crippen LogP contribution is 2.25. The van der Waals surface area contributed by atoms with Gasteiger partial charge >= 0.3 is 5.97 Å². The summed E-state index contributed by atoms with van der Waals surface area (Å²) >= 11 is 0. The number of carboxylic acids is 1. The quantitative estimate of drug-likeness (QED) is 0.824. The Morgan fingerprint density at radius 2 is 1.88 bits per heavy atom. The molecule has 0 spiro atoms. The van der Waals surface area contributed by atoms with Gasteiger partial charge in [-0.3, -0.25) is 4.79 Å². The summed E-state index contributed by atoms with van der Waals surface area (Å²) in [6, 6.07) is 10.1. The number of aliphatic carboxylic acids is 1. The Hall–Kier alpha value is -1.51. The van der Waals surface area contributed by atoms with Gasteiger partial charge in [0.05, 0.1) is 6.42 Å². The van der Waals surface area contributed by atoms with Crippen molar-refractivity contribution in [3.05, 3.63) is 30.3 Å². The van der Waals surface area contributed by atoms with Crippen LogP contribution in [0.15, 0.2) is 30.3 Å². The van der Waals surface area contributed by atoms with E-state index in [2.05, 4.69) is 24.0 Å². The molecule has 1 N–H and O–H groups in total. The highest BCUT2D eigenvalue weighted by molar-refractivity contribution is 5.67. The summed E-state index contributed by atoms with van der Waals surface area (Å²) in [5.41, 5.74) is 0.922. The number of hydrogen-bond acceptors (Lipinski definition) is 2. The van der Waals surface area contributed by atoms with Crippen molar-refractivity contribution in [3.63, 3.8) is 0 Å². The van der Waals surface area contributed by atoms with Crippen LogP contribution in [0.3, 0.4) is 0 Å². The SMILES string of the molecule is CCN(CC(C)(C)CC(=O)O)c1ccccc1. The van der Waals surface area contributed by atoms with Gasteiger partial charge in [-0.2, -0.15) is 0 Å². The molecule has 17 heavy (non-hydrogen) atoms. The highest BCUT2D eigenvalue weighted by Gasteiger charge is 2.24. The molecule has 0 radical (unpaired) electrons. The fraction of sp³-hybridized carbons (Fsp3) is 0.500. The average Bonchev–Trinajstić information content (AvgIpc) is 2.25. The zero-order valence-electron chi connectivity index (χ0n) is 10.8. The second kappa shape index (κ2) is 5.71. The van der Waals surface area contributed by atoms with E-state index in [0.717, 1.165) is 18.8 Å². The lowest BCUT2D eigenvalue weighted by atomic mass is 9.88. The van der Waals surface area contributed by atoms with Crippen LogP contribution >= 0.6 is 0 Å². The summed E-state index contributed by atoms with van der Waals surface area (Å²) in [5, 5.41) is 8.89. The Morgan fingerprint density at radius 3 is 2.35 bits per heavy atom. The minimum atomic E-state index is -0.737. The predicted octanol–water partition coefficient (Wildman–Crippen LogP) is 3.01. The van der Waals surface area contributed by atoms with Crippen molar-refractivity contribution in [1.29, 1.82) is 0 Å². The molecule has 1 aromatic carbocycles. The second-order valence-corrected chi connectivity index (χ2v) is 5.08. The lowest BCUT2D eigenvalue weighted by Gasteiger charge is -2.32. The number of carboxylic acid groups (broad SMARTS) is 1. The van der Waals surface area contributed by atoms with Crippen LogP contribution in [0.25, 0.3) is 0 Å². The molecule has 3 heteroatoms. The first kappa shape index (κ1) is 13.6. The van der Waals surface area contributed by atoms with Crippen molar-refractivity contribution in [2.45, 2.75) is 27.2 Å². The van der Waals surface area contributed by atoms with E-state index >= 15 is 0 Å². The van der Waals surface area contributed by atoms with E-state index in [4.69, 9.17) is 5.11 Å². The van der Waals surface area contributed by atoms with Crippen LogP contribution in [0.4, 0.5) is 5.69 Å². The summed E-state index contributed by atoms with van der Waals surface area (Å²) in [7, 11) is 0. The van der Waals surface area contributed by atoms with Gasteiger partial charge in [0.1, 0.15) is 0 Å². The van der Waals surface area contributed by atoms with Gasteiger partial charge in [-0.05, 0) is 24.5 Å². The van der Waals surface area contributed by atoms with Crippen LogP contribution in [0.1, 0.15) is 27.2 Å². The zero-order valence-corrected chi connectivity index (χ0v) is 10.8. The maximum atomic E-state index is 10.8. The summed E-state index contributed by atoms with van der Waals surface area (Å²) in [5.74, 6) is -0.737. The number of carbonyl (C=O) groups is 1. The van der Waals surface area contributed by atoms with E-state index < -0.39 is 5.97 Å². The lowest BCUT2D eigenvalue weighted by Crippen LogP contribution is -2.35. The van der Waals surface area contributed by atoms with Crippen LogP contribution in [-0.2, 0) is 4.79 Å². The standard InChI is InChI=1S/C14H21NO2/c1-4-15(12-8-6-5-7-9-12)11-14(2,3)10-13(16)17/h5-9H,4,10-11H2,1-3H3,(H,16,17). The Bertz CT molecular complexity index is 360. The van der Waals surface area contributed by atoms with Gasteiger partial charge in [0.25, 0.3) is 0 Å². The van der Waals surface area contributed by atoms with E-state index in [9.17, 15) is 4.79 Å². The maximum absolute atomic E-state index is 10.8. The number of para-hydroxylation sites is 1. The fourth-order valence-electron chi connectivity index (χ4n) is 2.01. The van der Waals surface area contributed by atoms with Crippen LogP contribution < -0.4 is 4.90 Å². The molecule has 1 aromatic rings. The van der Waals surface area contributed by atoms with Gasteiger partial charge in [0, 0.05) is 18.8 Å². The Balaban J connectivity index is 2.73. The topological polar surface area (TPSA) is 40.5 Å². The first-order valence-corrected chi connectivity index (χ1v) is 5.96. The number of nitrogens with zero attached hydrogens (tertiary/aromatic N) is 1. The first-order valence-electron chi connectivity index (χ1n) is 5.96. The first-order chi connectivity index (χ1) is 7.94. The van der Waals surface area contributed by atoms with Crippen molar-refractivity contribution >= 4 is 11.7 Å². The molecule has 0 atom stereocenters. The molecule has 1 rings (SSSR count). The summed E-state index contributed by atoms with van der Waals surface area (Å²) in [6.45, 7) is 7.70. The normalized spacial score (nSPS) is 11.2. The van der Waals surface area contributed by atoms with E-state index in [1.54, 1.807) is 0 Å². The number of hydrogen-bond donors (Lipinski definition) is 1. The average molecular weight is 235 g/mol. The molecule has 0 unspecified atom stereocenters. The van der Waals surface area contributed by atoms with Gasteiger partial charge in [-0.15, -0.1) is 0 Å². The third kappa shape index (κ3) is 4.47. The van der Waals surface area contributed by atoms with Crippen LogP contribution in [0.2, 0.25) is 0 Å². The van der Waals surface area contributed by atoms with Crippen molar-refractivity contribution in [3.8, 4) is 0 Å². The van der Waals surface area contributed by atoms with Gasteiger partial charge in [0.2, 0.25) is 0 Å². The molecular formula is C14H21NO2. The van der Waals surface area contributed by atoms with Crippen molar-refractivity contribution < 1.29 is 9.90 Å². The molecule has 94 valence electrons. The zero-order chi connectivity index (χ0) is 12.9. The number of benzene rings is 1. The third-order valence-electron chi connectivity index (χ3n) is 2.75. The molecule has 0 saturated heterocycles. The molecule has 0 amide bonds. The van der Waals surface area contributed by atoms with Crippen molar-refractivity contribution in [2.75, 3.05) is 18.0 Å². The van der Waals surface area contributed by atoms with Crippen molar-refractivity contribution in [2.24, 2.45) is 5.41 Å². The van der Waals surface area contributed by atoms with Gasteiger partial charge in [-0.1, -0.05) is 32.0 Å². The molecule has 0 aliphatic carbocycles. The van der Waals surface area contributed by atoms with E-state index in [1.165, 1.54) is 0 Å². The predicted molar refractivity (Wildman–Crippen MR) is 70.4 cm³/mol. The Morgan fingerprint density at radius 1 is 1.29 bits per heavy atom. The molecule has 0 heterocycles. The van der Waals surface area contributed by atoms with E-state index in [0.29, 0.717) is 0 Å². The summed E-state index contributed by atoms with van der Waals surface area (Å²) in [6.07, 6.45) is 0.191. The molecule has 0 aliphatic heterocycles. The van der Waals surface area contributed by atoms with E-state index in [1.807, 2.05) is 32.0 Å². The second-order valence-electron chi connectivity index (χ2n) is 5.08. The van der Waals surface area contributed by atoms with E-state index in [-0.39, 0.29) is 11.8 Å². The van der Waals surface area contributed by atoms with Gasteiger partial charge < -0.3 is 10.0 Å². The molecule has 0 saturated carbocycles. The Labute approximate surface area is 103 Å². The Kier molecular flexibility index (Phi) is 4.55. The molecule has 3 nitrogen and oxygen atoms in total. The minimum absolute atomic E-state index is 0.191. The largest absolute Gasteiger partial charge is 0.481 e. The van der Waals surface area contributed by atoms with Crippen molar-refractivity contribution in [1.82, 2.24) is 0 Å². The van der Waals surface area contributed by atoms with Crippen LogP contribution in [0, 0.1) is 5.41 Å². The molecular weight excluding hydrogens is 214 g/mol. The summed E-state index contributed by atoms with van der Waals surface area (Å²) < 4.78 is 0. The molecule has 0 bridgehead atoms. The van der Waals surface area contributed by atoms with Crippen LogP contribution in [-0.4, -0.2) is 24.2 Å². The molecule has 0 aliphatic rings. The monoisotopic (exact) mass is 235 g/mol. The highest BCUT2D eigenvalue weighted by atomic mass is 16.4. The van der Waals surface area contributed by atoms with Gasteiger partial charge in [-0.25, -0.2) is 0 Å². The summed E-state index contributed by atoms with van der Waals surface area (Å²) in [4.78, 5) is 13.0. The number of rotatable bonds is 6.